The Labute approximate surface area is 127 Å². The van der Waals surface area contributed by atoms with Crippen molar-refractivity contribution in [3.63, 3.8) is 0 Å². The average molecular weight is 297 g/mol. The van der Waals surface area contributed by atoms with Crippen LogP contribution >= 0.6 is 11.6 Å². The molecule has 112 valence electrons. The second kappa shape index (κ2) is 6.27. The Morgan fingerprint density at radius 1 is 1.40 bits per heavy atom. The molecule has 1 saturated heterocycles. The normalized spacial score (nSPS) is 19.9. The summed E-state index contributed by atoms with van der Waals surface area (Å²) in [6, 6.07) is 0. The number of rotatable bonds is 4. The smallest absolute Gasteiger partial charge is 0.137 e. The molecular weight excluding hydrogens is 272 g/mol. The quantitative estimate of drug-likeness (QED) is 0.800. The molecule has 1 aliphatic rings. The van der Waals surface area contributed by atoms with Crippen molar-refractivity contribution in [2.24, 2.45) is 5.92 Å². The van der Waals surface area contributed by atoms with Crippen LogP contribution < -0.4 is 4.90 Å². The van der Waals surface area contributed by atoms with Gasteiger partial charge in [-0.1, -0.05) is 25.4 Å². The SMILES string of the molecule is Cc1c(Cl)nc(C(C)C)nc1N(C)CC1CCN(C)C1. The molecule has 1 atom stereocenters. The van der Waals surface area contributed by atoms with Gasteiger partial charge in [-0.15, -0.1) is 0 Å². The Hall–Kier alpha value is -0.870. The van der Waals surface area contributed by atoms with Gasteiger partial charge in [0.15, 0.2) is 0 Å². The number of anilines is 1. The second-order valence-electron chi connectivity index (χ2n) is 6.27. The van der Waals surface area contributed by atoms with Crippen LogP contribution in [0.4, 0.5) is 5.82 Å². The Balaban J connectivity index is 2.18. The zero-order chi connectivity index (χ0) is 14.9. The molecule has 1 fully saturated rings. The van der Waals surface area contributed by atoms with E-state index in [-0.39, 0.29) is 5.92 Å². The third kappa shape index (κ3) is 3.41. The molecule has 0 amide bonds. The number of likely N-dealkylation sites (tertiary alicyclic amines) is 1. The van der Waals surface area contributed by atoms with Gasteiger partial charge in [0, 0.05) is 31.6 Å². The molecule has 0 spiro atoms. The molecule has 1 aromatic heterocycles. The molecule has 5 heteroatoms. The molecule has 2 heterocycles. The van der Waals surface area contributed by atoms with Crippen molar-refractivity contribution in [1.29, 1.82) is 0 Å². The lowest BCUT2D eigenvalue weighted by Gasteiger charge is -2.24. The fraction of sp³-hybridized carbons (Fsp3) is 0.733. The lowest BCUT2D eigenvalue weighted by atomic mass is 10.1. The van der Waals surface area contributed by atoms with Crippen molar-refractivity contribution in [3.05, 3.63) is 16.5 Å². The highest BCUT2D eigenvalue weighted by molar-refractivity contribution is 6.30. The average Bonchev–Trinajstić information content (AvgIpc) is 2.77. The van der Waals surface area contributed by atoms with Gasteiger partial charge in [0.2, 0.25) is 0 Å². The molecule has 0 saturated carbocycles. The lowest BCUT2D eigenvalue weighted by Crippen LogP contribution is -2.29. The van der Waals surface area contributed by atoms with Gasteiger partial charge < -0.3 is 9.80 Å². The van der Waals surface area contributed by atoms with Crippen LogP contribution in [0.25, 0.3) is 0 Å². The molecule has 0 N–H and O–H groups in total. The van der Waals surface area contributed by atoms with Gasteiger partial charge in [-0.2, -0.15) is 0 Å². The van der Waals surface area contributed by atoms with Crippen molar-refractivity contribution in [1.82, 2.24) is 14.9 Å². The molecule has 20 heavy (non-hydrogen) atoms. The first-order valence-corrected chi connectivity index (χ1v) is 7.70. The van der Waals surface area contributed by atoms with E-state index in [0.29, 0.717) is 11.1 Å². The fourth-order valence-corrected chi connectivity index (χ4v) is 2.94. The first-order valence-electron chi connectivity index (χ1n) is 7.32. The van der Waals surface area contributed by atoms with Crippen LogP contribution in [0.5, 0.6) is 0 Å². The standard InChI is InChI=1S/C15H25ClN4/c1-10(2)14-17-13(16)11(3)15(18-14)20(5)9-12-6-7-19(4)8-12/h10,12H,6-9H2,1-5H3. The Morgan fingerprint density at radius 2 is 2.10 bits per heavy atom. The predicted molar refractivity (Wildman–Crippen MR) is 84.7 cm³/mol. The van der Waals surface area contributed by atoms with Crippen molar-refractivity contribution in [2.75, 3.05) is 38.6 Å². The fourth-order valence-electron chi connectivity index (χ4n) is 2.77. The Kier molecular flexibility index (Phi) is 4.86. The zero-order valence-corrected chi connectivity index (χ0v) is 13.9. The summed E-state index contributed by atoms with van der Waals surface area (Å²) in [5, 5.41) is 0.578. The van der Waals surface area contributed by atoms with E-state index in [1.165, 1.54) is 19.5 Å². The van der Waals surface area contributed by atoms with Gasteiger partial charge in [-0.3, -0.25) is 0 Å². The van der Waals surface area contributed by atoms with Gasteiger partial charge in [0.1, 0.15) is 16.8 Å². The van der Waals surface area contributed by atoms with E-state index in [4.69, 9.17) is 16.6 Å². The minimum atomic E-state index is 0.290. The zero-order valence-electron chi connectivity index (χ0n) is 13.1. The predicted octanol–water partition coefficient (Wildman–Crippen LogP) is 2.95. The van der Waals surface area contributed by atoms with E-state index in [1.54, 1.807) is 0 Å². The monoisotopic (exact) mass is 296 g/mol. The Morgan fingerprint density at radius 3 is 2.65 bits per heavy atom. The van der Waals surface area contributed by atoms with E-state index < -0.39 is 0 Å². The maximum Gasteiger partial charge on any atom is 0.137 e. The molecule has 0 radical (unpaired) electrons. The topological polar surface area (TPSA) is 32.3 Å². The van der Waals surface area contributed by atoms with Crippen molar-refractivity contribution < 1.29 is 0 Å². The maximum absolute atomic E-state index is 6.26. The first kappa shape index (κ1) is 15.5. The van der Waals surface area contributed by atoms with Crippen molar-refractivity contribution in [2.45, 2.75) is 33.1 Å². The first-order chi connectivity index (χ1) is 9.38. The molecular formula is C15H25ClN4. The largest absolute Gasteiger partial charge is 0.359 e. The highest BCUT2D eigenvalue weighted by Gasteiger charge is 2.23. The number of nitrogens with zero attached hydrogens (tertiary/aromatic N) is 4. The minimum absolute atomic E-state index is 0.290. The highest BCUT2D eigenvalue weighted by Crippen LogP contribution is 2.26. The molecule has 2 rings (SSSR count). The van der Waals surface area contributed by atoms with E-state index in [1.807, 2.05) is 6.92 Å². The molecule has 0 bridgehead atoms. The summed E-state index contributed by atoms with van der Waals surface area (Å²) in [4.78, 5) is 13.7. The van der Waals surface area contributed by atoms with Crippen LogP contribution in [-0.4, -0.2) is 48.6 Å². The Bertz CT molecular complexity index is 475. The summed E-state index contributed by atoms with van der Waals surface area (Å²) in [5.74, 6) is 2.80. The number of hydrogen-bond acceptors (Lipinski definition) is 4. The van der Waals surface area contributed by atoms with Crippen molar-refractivity contribution in [3.8, 4) is 0 Å². The van der Waals surface area contributed by atoms with Gasteiger partial charge in [-0.05, 0) is 32.9 Å². The van der Waals surface area contributed by atoms with Crippen LogP contribution in [0, 0.1) is 12.8 Å². The minimum Gasteiger partial charge on any atom is -0.359 e. The summed E-state index contributed by atoms with van der Waals surface area (Å²) >= 11 is 6.26. The second-order valence-corrected chi connectivity index (χ2v) is 6.63. The van der Waals surface area contributed by atoms with Gasteiger partial charge in [0.25, 0.3) is 0 Å². The summed E-state index contributed by atoms with van der Waals surface area (Å²) in [6.45, 7) is 9.57. The molecule has 0 aromatic carbocycles. The third-order valence-corrected chi connectivity index (χ3v) is 4.34. The van der Waals surface area contributed by atoms with E-state index in [2.05, 4.69) is 42.7 Å². The summed E-state index contributed by atoms with van der Waals surface area (Å²) in [7, 11) is 4.29. The maximum atomic E-state index is 6.26. The van der Waals surface area contributed by atoms with Crippen LogP contribution in [0.15, 0.2) is 0 Å². The van der Waals surface area contributed by atoms with Gasteiger partial charge in [0.05, 0.1) is 0 Å². The van der Waals surface area contributed by atoms with Crippen LogP contribution in [0.1, 0.15) is 37.6 Å². The third-order valence-electron chi connectivity index (χ3n) is 3.98. The molecule has 1 aliphatic heterocycles. The molecule has 4 nitrogen and oxygen atoms in total. The molecule has 1 aromatic rings. The summed E-state index contributed by atoms with van der Waals surface area (Å²) < 4.78 is 0. The van der Waals surface area contributed by atoms with Crippen LogP contribution in [0.2, 0.25) is 5.15 Å². The van der Waals surface area contributed by atoms with Crippen molar-refractivity contribution >= 4 is 17.4 Å². The number of aromatic nitrogens is 2. The van der Waals surface area contributed by atoms with E-state index >= 15 is 0 Å². The highest BCUT2D eigenvalue weighted by atomic mass is 35.5. The van der Waals surface area contributed by atoms with Gasteiger partial charge in [-0.25, -0.2) is 9.97 Å². The van der Waals surface area contributed by atoms with Crippen LogP contribution in [0.3, 0.4) is 0 Å². The number of hydrogen-bond donors (Lipinski definition) is 0. The van der Waals surface area contributed by atoms with E-state index in [0.717, 1.165) is 23.8 Å². The van der Waals surface area contributed by atoms with E-state index in [9.17, 15) is 0 Å². The summed E-state index contributed by atoms with van der Waals surface area (Å²) in [6.07, 6.45) is 1.26. The molecule has 0 aliphatic carbocycles. The lowest BCUT2D eigenvalue weighted by molar-refractivity contribution is 0.395. The molecule has 1 unspecified atom stereocenters. The number of halogens is 1. The van der Waals surface area contributed by atoms with Crippen LogP contribution in [-0.2, 0) is 0 Å². The summed E-state index contributed by atoms with van der Waals surface area (Å²) in [5.41, 5.74) is 0.977. The van der Waals surface area contributed by atoms with Gasteiger partial charge >= 0.3 is 0 Å².